The predicted molar refractivity (Wildman–Crippen MR) is 70.8 cm³/mol. The zero-order valence-corrected chi connectivity index (χ0v) is 11.7. The van der Waals surface area contributed by atoms with Crippen molar-refractivity contribution in [2.45, 2.75) is 37.6 Å². The minimum atomic E-state index is -3.39. The lowest BCUT2D eigenvalue weighted by molar-refractivity contribution is 0.181. The van der Waals surface area contributed by atoms with Crippen molar-refractivity contribution in [2.75, 3.05) is 13.1 Å². The van der Waals surface area contributed by atoms with Crippen LogP contribution in [0.15, 0.2) is 23.4 Å². The summed E-state index contributed by atoms with van der Waals surface area (Å²) in [5.41, 5.74) is 0.124. The number of aromatic nitrogens is 1. The second-order valence-electron chi connectivity index (χ2n) is 5.50. The maximum Gasteiger partial charge on any atom is 0.242 e. The topological polar surface area (TPSA) is 74.0 Å². The van der Waals surface area contributed by atoms with Crippen LogP contribution in [0.1, 0.15) is 26.7 Å². The average molecular weight is 271 g/mol. The van der Waals surface area contributed by atoms with E-state index in [1.807, 2.05) is 0 Å². The molecule has 1 fully saturated rings. The van der Waals surface area contributed by atoms with Crippen LogP contribution in [-0.2, 0) is 10.0 Å². The zero-order valence-electron chi connectivity index (χ0n) is 10.9. The fraction of sp³-hybridized carbons (Fsp3) is 0.667. The number of hydrogen-bond acceptors (Lipinski definition) is 3. The largest absolute Gasteiger partial charge is 0.366 e. The van der Waals surface area contributed by atoms with E-state index < -0.39 is 10.0 Å². The number of rotatable bonds is 4. The lowest BCUT2D eigenvalue weighted by Gasteiger charge is -2.39. The van der Waals surface area contributed by atoms with E-state index in [2.05, 4.69) is 28.9 Å². The first-order chi connectivity index (χ1) is 8.42. The molecule has 1 atom stereocenters. The number of hydrogen-bond donors (Lipinski definition) is 3. The Morgan fingerprint density at radius 1 is 1.50 bits per heavy atom. The van der Waals surface area contributed by atoms with E-state index in [9.17, 15) is 8.42 Å². The van der Waals surface area contributed by atoms with Gasteiger partial charge in [-0.2, -0.15) is 0 Å². The molecule has 0 radical (unpaired) electrons. The van der Waals surface area contributed by atoms with Gasteiger partial charge in [-0.15, -0.1) is 0 Å². The molecule has 102 valence electrons. The van der Waals surface area contributed by atoms with Gasteiger partial charge in [0, 0.05) is 25.0 Å². The third-order valence-corrected chi connectivity index (χ3v) is 5.11. The Kier molecular flexibility index (Phi) is 3.79. The van der Waals surface area contributed by atoms with Gasteiger partial charge in [0.1, 0.15) is 0 Å². The Bertz CT molecular complexity index is 479. The summed E-state index contributed by atoms with van der Waals surface area (Å²) < 4.78 is 26.7. The van der Waals surface area contributed by atoms with E-state index in [4.69, 9.17) is 0 Å². The van der Waals surface area contributed by atoms with Gasteiger partial charge in [-0.3, -0.25) is 0 Å². The summed E-state index contributed by atoms with van der Waals surface area (Å²) in [6.45, 7) is 5.74. The quantitative estimate of drug-likeness (QED) is 0.767. The van der Waals surface area contributed by atoms with E-state index in [1.54, 1.807) is 12.3 Å². The van der Waals surface area contributed by atoms with Gasteiger partial charge in [0.15, 0.2) is 0 Å². The molecule has 0 aliphatic carbocycles. The van der Waals surface area contributed by atoms with Gasteiger partial charge >= 0.3 is 0 Å². The highest BCUT2D eigenvalue weighted by Gasteiger charge is 2.32. The molecular formula is C12H21N3O2S. The zero-order chi connectivity index (χ0) is 13.2. The SMILES string of the molecule is CC1(C)CCCNC1CNS(=O)(=O)c1cc[nH]c1. The molecule has 3 N–H and O–H groups in total. The normalized spacial score (nSPS) is 24.0. The molecule has 2 rings (SSSR count). The van der Waals surface area contributed by atoms with Crippen molar-refractivity contribution in [3.05, 3.63) is 18.5 Å². The van der Waals surface area contributed by atoms with Crippen LogP contribution in [0.4, 0.5) is 0 Å². The molecule has 0 saturated carbocycles. The predicted octanol–water partition coefficient (Wildman–Crippen LogP) is 1.07. The van der Waals surface area contributed by atoms with Gasteiger partial charge in [0.25, 0.3) is 0 Å². The molecule has 1 aromatic heterocycles. The number of piperidine rings is 1. The molecule has 0 bridgehead atoms. The summed E-state index contributed by atoms with van der Waals surface area (Å²) in [5, 5.41) is 3.39. The third-order valence-electron chi connectivity index (χ3n) is 3.69. The minimum absolute atomic E-state index is 0.124. The summed E-state index contributed by atoms with van der Waals surface area (Å²) in [6.07, 6.45) is 5.36. The van der Waals surface area contributed by atoms with Crippen LogP contribution in [0.2, 0.25) is 0 Å². The van der Waals surface area contributed by atoms with E-state index >= 15 is 0 Å². The fourth-order valence-electron chi connectivity index (χ4n) is 2.37. The van der Waals surface area contributed by atoms with Crippen LogP contribution in [0.3, 0.4) is 0 Å². The smallest absolute Gasteiger partial charge is 0.242 e. The summed E-state index contributed by atoms with van der Waals surface area (Å²) in [5.74, 6) is 0. The Balaban J connectivity index is 1.99. The van der Waals surface area contributed by atoms with Gasteiger partial charge < -0.3 is 10.3 Å². The van der Waals surface area contributed by atoms with Crippen molar-refractivity contribution in [1.29, 1.82) is 0 Å². The van der Waals surface area contributed by atoms with Gasteiger partial charge in [-0.25, -0.2) is 13.1 Å². The summed E-state index contributed by atoms with van der Waals surface area (Å²) >= 11 is 0. The van der Waals surface area contributed by atoms with E-state index in [0.29, 0.717) is 6.54 Å². The van der Waals surface area contributed by atoms with Crippen LogP contribution < -0.4 is 10.0 Å². The van der Waals surface area contributed by atoms with Crippen molar-refractivity contribution in [1.82, 2.24) is 15.0 Å². The first-order valence-electron chi connectivity index (χ1n) is 6.28. The molecule has 5 nitrogen and oxygen atoms in total. The standard InChI is InChI=1S/C12H21N3O2S/c1-12(2)5-3-6-14-11(12)9-15-18(16,17)10-4-7-13-8-10/h4,7-8,11,13-15H,3,5-6,9H2,1-2H3. The van der Waals surface area contributed by atoms with Crippen molar-refractivity contribution in [3.8, 4) is 0 Å². The number of H-pyrrole nitrogens is 1. The molecular weight excluding hydrogens is 250 g/mol. The van der Waals surface area contributed by atoms with E-state index in [-0.39, 0.29) is 16.4 Å². The average Bonchev–Trinajstić information content (AvgIpc) is 2.81. The molecule has 1 saturated heterocycles. The summed E-state index contributed by atoms with van der Waals surface area (Å²) in [6, 6.07) is 1.74. The Morgan fingerprint density at radius 2 is 2.28 bits per heavy atom. The minimum Gasteiger partial charge on any atom is -0.366 e. The maximum absolute atomic E-state index is 12.0. The lowest BCUT2D eigenvalue weighted by atomic mass is 9.78. The Morgan fingerprint density at radius 3 is 2.89 bits per heavy atom. The van der Waals surface area contributed by atoms with Gasteiger partial charge in [-0.1, -0.05) is 13.8 Å². The Labute approximate surface area is 108 Å². The summed E-state index contributed by atoms with van der Waals surface area (Å²) in [7, 11) is -3.39. The van der Waals surface area contributed by atoms with E-state index in [0.717, 1.165) is 19.4 Å². The number of nitrogens with one attached hydrogen (secondary N) is 3. The van der Waals surface area contributed by atoms with E-state index in [1.165, 1.54) is 6.20 Å². The second-order valence-corrected chi connectivity index (χ2v) is 7.26. The number of aromatic amines is 1. The summed E-state index contributed by atoms with van der Waals surface area (Å²) in [4.78, 5) is 3.04. The first kappa shape index (κ1) is 13.6. The fourth-order valence-corrected chi connectivity index (χ4v) is 3.39. The van der Waals surface area contributed by atoms with Crippen LogP contribution >= 0.6 is 0 Å². The van der Waals surface area contributed by atoms with Gasteiger partial charge in [0.05, 0.1) is 4.90 Å². The molecule has 1 unspecified atom stereocenters. The van der Waals surface area contributed by atoms with Crippen molar-refractivity contribution >= 4 is 10.0 Å². The molecule has 1 aliphatic heterocycles. The first-order valence-corrected chi connectivity index (χ1v) is 7.76. The van der Waals surface area contributed by atoms with Gasteiger partial charge in [-0.05, 0) is 30.9 Å². The third kappa shape index (κ3) is 2.93. The van der Waals surface area contributed by atoms with Crippen LogP contribution in [-0.4, -0.2) is 32.5 Å². The molecule has 0 spiro atoms. The monoisotopic (exact) mass is 271 g/mol. The second kappa shape index (κ2) is 5.03. The highest BCUT2D eigenvalue weighted by molar-refractivity contribution is 7.89. The van der Waals surface area contributed by atoms with Crippen LogP contribution in [0.25, 0.3) is 0 Å². The maximum atomic E-state index is 12.0. The number of sulfonamides is 1. The van der Waals surface area contributed by atoms with Crippen molar-refractivity contribution < 1.29 is 8.42 Å². The van der Waals surface area contributed by atoms with Crippen LogP contribution in [0.5, 0.6) is 0 Å². The Hall–Kier alpha value is -0.850. The van der Waals surface area contributed by atoms with Crippen molar-refractivity contribution in [3.63, 3.8) is 0 Å². The molecule has 1 aromatic rings. The highest BCUT2D eigenvalue weighted by atomic mass is 32.2. The molecule has 1 aliphatic rings. The molecule has 0 amide bonds. The lowest BCUT2D eigenvalue weighted by Crippen LogP contribution is -2.52. The highest BCUT2D eigenvalue weighted by Crippen LogP contribution is 2.29. The molecule has 18 heavy (non-hydrogen) atoms. The molecule has 6 heteroatoms. The molecule has 0 aromatic carbocycles. The van der Waals surface area contributed by atoms with Crippen molar-refractivity contribution in [2.24, 2.45) is 5.41 Å². The molecule has 2 heterocycles. The van der Waals surface area contributed by atoms with Crippen LogP contribution in [0, 0.1) is 5.41 Å². The van der Waals surface area contributed by atoms with Gasteiger partial charge in [0.2, 0.25) is 10.0 Å².